The van der Waals surface area contributed by atoms with Crippen molar-refractivity contribution in [2.75, 3.05) is 19.0 Å². The van der Waals surface area contributed by atoms with Crippen molar-refractivity contribution in [1.29, 1.82) is 0 Å². The Balaban J connectivity index is 1.84. The lowest BCUT2D eigenvalue weighted by molar-refractivity contribution is -0.120. The van der Waals surface area contributed by atoms with Crippen LogP contribution in [0.15, 0.2) is 47.4 Å². The summed E-state index contributed by atoms with van der Waals surface area (Å²) >= 11 is 1.40. The van der Waals surface area contributed by atoms with Gasteiger partial charge in [-0.3, -0.25) is 9.59 Å². The highest BCUT2D eigenvalue weighted by molar-refractivity contribution is 8.00. The van der Waals surface area contributed by atoms with E-state index in [1.807, 2.05) is 12.1 Å². The number of amides is 2. The van der Waals surface area contributed by atoms with Crippen LogP contribution >= 0.6 is 11.8 Å². The van der Waals surface area contributed by atoms with Crippen LogP contribution in [-0.2, 0) is 16.0 Å². The fourth-order valence-corrected chi connectivity index (χ4v) is 3.51. The van der Waals surface area contributed by atoms with Crippen molar-refractivity contribution in [1.82, 2.24) is 5.32 Å². The Morgan fingerprint density at radius 3 is 2.40 bits per heavy atom. The summed E-state index contributed by atoms with van der Waals surface area (Å²) in [6.45, 7) is 0.641. The average Bonchev–Trinajstić information content (AvgIpc) is 2.68. The van der Waals surface area contributed by atoms with Crippen LogP contribution in [0.4, 0.5) is 14.5 Å². The van der Waals surface area contributed by atoms with Crippen molar-refractivity contribution in [3.05, 3.63) is 48.0 Å². The summed E-state index contributed by atoms with van der Waals surface area (Å²) in [5, 5.41) is 5.20. The molecule has 0 saturated heterocycles. The molecule has 0 spiro atoms. The van der Waals surface area contributed by atoms with E-state index < -0.39 is 6.61 Å². The zero-order chi connectivity index (χ0) is 22.1. The molecular weight excluding hydrogens is 414 g/mol. The summed E-state index contributed by atoms with van der Waals surface area (Å²) in [6.07, 6.45) is 0.456. The molecule has 0 fully saturated rings. The maximum atomic E-state index is 12.5. The van der Waals surface area contributed by atoms with Gasteiger partial charge in [0, 0.05) is 24.1 Å². The molecular formula is C21H24F2N2O4S. The molecule has 0 aliphatic rings. The first kappa shape index (κ1) is 23.5. The van der Waals surface area contributed by atoms with Crippen LogP contribution in [0.5, 0.6) is 11.5 Å². The van der Waals surface area contributed by atoms with Crippen LogP contribution in [0.1, 0.15) is 19.4 Å². The number of halogens is 2. The fraction of sp³-hybridized carbons (Fsp3) is 0.333. The van der Waals surface area contributed by atoms with E-state index in [-0.39, 0.29) is 28.6 Å². The molecule has 0 saturated carbocycles. The maximum absolute atomic E-state index is 12.5. The number of nitrogens with one attached hydrogen (secondary N) is 2. The van der Waals surface area contributed by atoms with Crippen LogP contribution in [0.3, 0.4) is 0 Å². The topological polar surface area (TPSA) is 76.7 Å². The molecule has 2 aromatic carbocycles. The van der Waals surface area contributed by atoms with E-state index in [2.05, 4.69) is 15.4 Å². The normalized spacial score (nSPS) is 11.7. The van der Waals surface area contributed by atoms with Crippen LogP contribution in [-0.4, -0.2) is 37.3 Å². The number of benzene rings is 2. The number of ether oxygens (including phenoxy) is 2. The van der Waals surface area contributed by atoms with Gasteiger partial charge in [0.05, 0.1) is 12.4 Å². The number of alkyl halides is 2. The lowest BCUT2D eigenvalue weighted by Crippen LogP contribution is -2.32. The largest absolute Gasteiger partial charge is 0.493 e. The van der Waals surface area contributed by atoms with Gasteiger partial charge in [0.2, 0.25) is 11.8 Å². The van der Waals surface area contributed by atoms with Gasteiger partial charge in [-0.05, 0) is 55.3 Å². The summed E-state index contributed by atoms with van der Waals surface area (Å²) in [5.74, 6) is -0.100. The summed E-state index contributed by atoms with van der Waals surface area (Å²) in [7, 11) is 1.37. The molecule has 30 heavy (non-hydrogen) atoms. The van der Waals surface area contributed by atoms with Gasteiger partial charge in [0.15, 0.2) is 11.5 Å². The molecule has 1 atom stereocenters. The molecule has 0 radical (unpaired) electrons. The Morgan fingerprint density at radius 2 is 1.80 bits per heavy atom. The van der Waals surface area contributed by atoms with E-state index in [0.717, 1.165) is 10.5 Å². The number of carbonyl (C=O) groups excluding carboxylic acids is 2. The van der Waals surface area contributed by atoms with Crippen molar-refractivity contribution in [3.8, 4) is 11.5 Å². The van der Waals surface area contributed by atoms with Crippen molar-refractivity contribution in [2.24, 2.45) is 0 Å². The fourth-order valence-electron chi connectivity index (χ4n) is 2.62. The Bertz CT molecular complexity index is 863. The van der Waals surface area contributed by atoms with Gasteiger partial charge in [-0.15, -0.1) is 11.8 Å². The minimum Gasteiger partial charge on any atom is -0.493 e. The number of hydrogen-bond acceptors (Lipinski definition) is 5. The molecule has 2 N–H and O–H groups in total. The molecule has 0 aromatic heterocycles. The minimum atomic E-state index is -2.95. The zero-order valence-electron chi connectivity index (χ0n) is 16.9. The number of methoxy groups -OCH3 is 1. The summed E-state index contributed by atoms with van der Waals surface area (Å²) in [4.78, 5) is 24.3. The Kier molecular flexibility index (Phi) is 8.91. The van der Waals surface area contributed by atoms with Crippen molar-refractivity contribution in [2.45, 2.75) is 37.0 Å². The number of hydrogen-bond donors (Lipinski definition) is 2. The van der Waals surface area contributed by atoms with Crippen molar-refractivity contribution >= 4 is 29.3 Å². The molecule has 2 aromatic rings. The predicted molar refractivity (Wildman–Crippen MR) is 112 cm³/mol. The highest BCUT2D eigenvalue weighted by Gasteiger charge is 2.15. The molecule has 0 heterocycles. The minimum absolute atomic E-state index is 0.0389. The van der Waals surface area contributed by atoms with Crippen LogP contribution < -0.4 is 20.1 Å². The molecule has 2 rings (SSSR count). The number of thioether (sulfide) groups is 1. The first-order chi connectivity index (χ1) is 14.3. The summed E-state index contributed by atoms with van der Waals surface area (Å²) in [6, 6.07) is 12.0. The lowest BCUT2D eigenvalue weighted by Gasteiger charge is -2.14. The van der Waals surface area contributed by atoms with E-state index >= 15 is 0 Å². The van der Waals surface area contributed by atoms with E-state index in [9.17, 15) is 18.4 Å². The number of carbonyl (C=O) groups is 2. The summed E-state index contributed by atoms with van der Waals surface area (Å²) in [5.41, 5.74) is 1.43. The van der Waals surface area contributed by atoms with Gasteiger partial charge >= 0.3 is 6.61 Å². The third-order valence-electron chi connectivity index (χ3n) is 4.01. The average molecular weight is 438 g/mol. The van der Waals surface area contributed by atoms with E-state index in [1.54, 1.807) is 31.2 Å². The third kappa shape index (κ3) is 7.55. The first-order valence-electron chi connectivity index (χ1n) is 9.22. The SMILES string of the molecule is COc1ccc(CCNC(=O)C(C)Sc2ccc(NC(C)=O)cc2)cc1OC(F)F. The van der Waals surface area contributed by atoms with Crippen molar-refractivity contribution in [3.63, 3.8) is 0 Å². The molecule has 2 amide bonds. The lowest BCUT2D eigenvalue weighted by atomic mass is 10.1. The standard InChI is InChI=1S/C21H24F2N2O4S/c1-13(30-17-7-5-16(6-8-17)25-14(2)26)20(27)24-11-10-15-4-9-18(28-3)19(12-15)29-21(22)23/h4-9,12-13,21H,10-11H2,1-3H3,(H,24,27)(H,25,26). The second-order valence-corrected chi connectivity index (χ2v) is 7.78. The predicted octanol–water partition coefficient (Wildman–Crippen LogP) is 4.09. The monoisotopic (exact) mass is 438 g/mol. The van der Waals surface area contributed by atoms with Gasteiger partial charge < -0.3 is 20.1 Å². The molecule has 0 aliphatic heterocycles. The quantitative estimate of drug-likeness (QED) is 0.547. The van der Waals surface area contributed by atoms with Gasteiger partial charge in [0.25, 0.3) is 0 Å². The van der Waals surface area contributed by atoms with Gasteiger partial charge in [-0.25, -0.2) is 0 Å². The smallest absolute Gasteiger partial charge is 0.387 e. The molecule has 162 valence electrons. The highest BCUT2D eigenvalue weighted by atomic mass is 32.2. The highest BCUT2D eigenvalue weighted by Crippen LogP contribution is 2.29. The Morgan fingerprint density at radius 1 is 1.10 bits per heavy atom. The van der Waals surface area contributed by atoms with E-state index in [4.69, 9.17) is 4.74 Å². The van der Waals surface area contributed by atoms with E-state index in [1.165, 1.54) is 31.9 Å². The zero-order valence-corrected chi connectivity index (χ0v) is 17.7. The Hall–Kier alpha value is -2.81. The molecule has 0 aliphatic carbocycles. The molecule has 6 nitrogen and oxygen atoms in total. The van der Waals surface area contributed by atoms with Crippen molar-refractivity contribution < 1.29 is 27.8 Å². The van der Waals surface area contributed by atoms with Gasteiger partial charge in [-0.1, -0.05) is 6.07 Å². The second-order valence-electron chi connectivity index (χ2n) is 6.37. The van der Waals surface area contributed by atoms with E-state index in [0.29, 0.717) is 18.7 Å². The molecule has 9 heteroatoms. The maximum Gasteiger partial charge on any atom is 0.387 e. The van der Waals surface area contributed by atoms with Crippen LogP contribution in [0.2, 0.25) is 0 Å². The summed E-state index contributed by atoms with van der Waals surface area (Å²) < 4.78 is 34.5. The van der Waals surface area contributed by atoms with Gasteiger partial charge in [0.1, 0.15) is 0 Å². The van der Waals surface area contributed by atoms with Crippen LogP contribution in [0.25, 0.3) is 0 Å². The third-order valence-corrected chi connectivity index (χ3v) is 5.13. The number of anilines is 1. The van der Waals surface area contributed by atoms with Gasteiger partial charge in [-0.2, -0.15) is 8.78 Å². The van der Waals surface area contributed by atoms with Crippen LogP contribution in [0, 0.1) is 0 Å². The molecule has 0 bridgehead atoms. The molecule has 1 unspecified atom stereocenters. The Labute approximate surface area is 178 Å². The second kappa shape index (κ2) is 11.4. The first-order valence-corrected chi connectivity index (χ1v) is 10.1. The number of rotatable bonds is 10.